The number of aliphatic imine (C=N–C) groups is 1. The lowest BCUT2D eigenvalue weighted by molar-refractivity contribution is -0.138. The van der Waals surface area contributed by atoms with Crippen LogP contribution in [0.4, 0.5) is 14.5 Å². The fourth-order valence-corrected chi connectivity index (χ4v) is 4.19. The van der Waals surface area contributed by atoms with Crippen LogP contribution in [0.2, 0.25) is 0 Å². The van der Waals surface area contributed by atoms with Gasteiger partial charge in [-0.15, -0.1) is 0 Å². The molecule has 2 aromatic rings. The number of ether oxygens (including phenoxy) is 1. The Balaban J connectivity index is 1.64. The maximum atomic E-state index is 12.6. The van der Waals surface area contributed by atoms with Crippen molar-refractivity contribution in [1.29, 1.82) is 5.26 Å². The lowest BCUT2D eigenvalue weighted by atomic mass is 9.90. The molecule has 32 heavy (non-hydrogen) atoms. The lowest BCUT2D eigenvalue weighted by Crippen LogP contribution is -2.34. The number of halogens is 2. The van der Waals surface area contributed by atoms with Gasteiger partial charge in [-0.3, -0.25) is 14.6 Å². The van der Waals surface area contributed by atoms with Crippen molar-refractivity contribution in [2.75, 3.05) is 6.61 Å². The molecular weight excluding hydrogens is 422 g/mol. The minimum absolute atomic E-state index is 0.0912. The molecule has 10 heteroatoms. The zero-order chi connectivity index (χ0) is 22.8. The second-order valence-corrected chi connectivity index (χ2v) is 7.79. The molecule has 1 aromatic heterocycles. The fraction of sp³-hybridized carbons (Fsp3) is 0.409. The van der Waals surface area contributed by atoms with Crippen LogP contribution in [-0.2, 0) is 37.0 Å². The number of rotatable bonds is 7. The summed E-state index contributed by atoms with van der Waals surface area (Å²) in [4.78, 5) is 28.4. The highest BCUT2D eigenvalue weighted by Gasteiger charge is 2.25. The standard InChI is InChI=1S/C22H20F2N4O4/c23-20(24)11-32-19-7-12-5-14(26-17(12)6-13(19)9-25)8-18-15-3-1-2-4-16(15)22(31)28(27-18)10-21(29)30/h6-7,20H,1-5,8,10-11H2,(H,29,30). The Labute approximate surface area is 181 Å². The molecule has 0 spiro atoms. The van der Waals surface area contributed by atoms with Gasteiger partial charge in [0, 0.05) is 24.1 Å². The number of nitriles is 1. The first-order chi connectivity index (χ1) is 15.4. The highest BCUT2D eigenvalue weighted by atomic mass is 19.3. The van der Waals surface area contributed by atoms with E-state index in [0.29, 0.717) is 42.6 Å². The van der Waals surface area contributed by atoms with Crippen LogP contribution in [0.1, 0.15) is 40.8 Å². The average molecular weight is 442 g/mol. The van der Waals surface area contributed by atoms with Crippen molar-refractivity contribution in [3.8, 4) is 11.8 Å². The van der Waals surface area contributed by atoms with E-state index < -0.39 is 25.5 Å². The maximum Gasteiger partial charge on any atom is 0.325 e. The predicted molar refractivity (Wildman–Crippen MR) is 110 cm³/mol. The van der Waals surface area contributed by atoms with Crippen LogP contribution in [0.3, 0.4) is 0 Å². The van der Waals surface area contributed by atoms with Crippen molar-refractivity contribution >= 4 is 17.4 Å². The lowest BCUT2D eigenvalue weighted by Gasteiger charge is -2.19. The molecule has 1 aromatic carbocycles. The van der Waals surface area contributed by atoms with Gasteiger partial charge in [-0.25, -0.2) is 13.5 Å². The first-order valence-electron chi connectivity index (χ1n) is 10.2. The van der Waals surface area contributed by atoms with E-state index in [2.05, 4.69) is 10.1 Å². The van der Waals surface area contributed by atoms with Crippen molar-refractivity contribution in [3.05, 3.63) is 50.4 Å². The summed E-state index contributed by atoms with van der Waals surface area (Å²) in [5, 5.41) is 22.8. The van der Waals surface area contributed by atoms with E-state index in [1.54, 1.807) is 6.07 Å². The van der Waals surface area contributed by atoms with Gasteiger partial charge >= 0.3 is 5.97 Å². The first-order valence-corrected chi connectivity index (χ1v) is 10.2. The summed E-state index contributed by atoms with van der Waals surface area (Å²) < 4.78 is 31.1. The van der Waals surface area contributed by atoms with Crippen molar-refractivity contribution < 1.29 is 23.4 Å². The van der Waals surface area contributed by atoms with Gasteiger partial charge in [-0.2, -0.15) is 10.4 Å². The molecule has 8 nitrogen and oxygen atoms in total. The van der Waals surface area contributed by atoms with Gasteiger partial charge in [-0.05, 0) is 48.9 Å². The Morgan fingerprint density at radius 2 is 2.03 bits per heavy atom. The van der Waals surface area contributed by atoms with Crippen molar-refractivity contribution in [1.82, 2.24) is 9.78 Å². The summed E-state index contributed by atoms with van der Waals surface area (Å²) in [7, 11) is 0. The van der Waals surface area contributed by atoms with Crippen LogP contribution in [0.15, 0.2) is 21.9 Å². The predicted octanol–water partition coefficient (Wildman–Crippen LogP) is 2.59. The number of carboxylic acids is 1. The van der Waals surface area contributed by atoms with Crippen LogP contribution < -0.4 is 10.3 Å². The molecule has 0 saturated carbocycles. The third-order valence-electron chi connectivity index (χ3n) is 5.55. The largest absolute Gasteiger partial charge is 0.486 e. The van der Waals surface area contributed by atoms with Gasteiger partial charge in [0.1, 0.15) is 25.0 Å². The Morgan fingerprint density at radius 1 is 1.28 bits per heavy atom. The second-order valence-electron chi connectivity index (χ2n) is 7.79. The Bertz CT molecular complexity index is 1210. The third kappa shape index (κ3) is 4.37. The normalized spacial score (nSPS) is 14.5. The summed E-state index contributed by atoms with van der Waals surface area (Å²) >= 11 is 0. The molecule has 0 radical (unpaired) electrons. The third-order valence-corrected chi connectivity index (χ3v) is 5.55. The quantitative estimate of drug-likeness (QED) is 0.704. The highest BCUT2D eigenvalue weighted by molar-refractivity contribution is 5.95. The summed E-state index contributed by atoms with van der Waals surface area (Å²) in [6.07, 6.45) is 1.17. The molecular formula is C22H20F2N4O4. The monoisotopic (exact) mass is 442 g/mol. The zero-order valence-electron chi connectivity index (χ0n) is 17.1. The van der Waals surface area contributed by atoms with Crippen molar-refractivity contribution in [2.45, 2.75) is 51.5 Å². The summed E-state index contributed by atoms with van der Waals surface area (Å²) in [6, 6.07) is 5.01. The Hall–Kier alpha value is -3.61. The fourth-order valence-electron chi connectivity index (χ4n) is 4.19. The van der Waals surface area contributed by atoms with Crippen molar-refractivity contribution in [3.63, 3.8) is 0 Å². The number of alkyl halides is 2. The number of nitrogens with zero attached hydrogens (tertiary/aromatic N) is 4. The number of benzene rings is 1. The number of carbonyl (C=O) groups is 1. The topological polar surface area (TPSA) is 118 Å². The Kier molecular flexibility index (Phi) is 5.99. The number of carboxylic acid groups (broad SMARTS) is 1. The van der Waals surface area contributed by atoms with Crippen molar-refractivity contribution in [2.24, 2.45) is 4.99 Å². The number of hydrogen-bond acceptors (Lipinski definition) is 6. The minimum Gasteiger partial charge on any atom is -0.486 e. The van der Waals surface area contributed by atoms with Gasteiger partial charge in [0.25, 0.3) is 12.0 Å². The Morgan fingerprint density at radius 3 is 2.72 bits per heavy atom. The molecule has 0 bridgehead atoms. The molecule has 1 aliphatic heterocycles. The molecule has 1 N–H and O–H groups in total. The smallest absolute Gasteiger partial charge is 0.325 e. The summed E-state index contributed by atoms with van der Waals surface area (Å²) in [6.45, 7) is -1.31. The summed E-state index contributed by atoms with van der Waals surface area (Å²) in [5.41, 5.74) is 3.91. The van der Waals surface area contributed by atoms with Crippen LogP contribution in [0.5, 0.6) is 5.75 Å². The molecule has 166 valence electrons. The van der Waals surface area contributed by atoms with E-state index in [1.165, 1.54) is 6.07 Å². The molecule has 4 rings (SSSR count). The maximum absolute atomic E-state index is 12.6. The molecule has 0 amide bonds. The van der Waals surface area contributed by atoms with E-state index >= 15 is 0 Å². The van der Waals surface area contributed by atoms with E-state index in [4.69, 9.17) is 9.84 Å². The van der Waals surface area contributed by atoms with Crippen LogP contribution >= 0.6 is 0 Å². The van der Waals surface area contributed by atoms with Gasteiger partial charge in [-0.1, -0.05) is 0 Å². The van der Waals surface area contributed by atoms with E-state index in [1.807, 2.05) is 6.07 Å². The van der Waals surface area contributed by atoms with Crippen LogP contribution in [0.25, 0.3) is 0 Å². The molecule has 2 heterocycles. The number of aromatic nitrogens is 2. The van der Waals surface area contributed by atoms with E-state index in [0.717, 1.165) is 34.4 Å². The molecule has 2 aliphatic rings. The number of hydrogen-bond donors (Lipinski definition) is 1. The molecule has 1 aliphatic carbocycles. The molecule has 0 atom stereocenters. The molecule has 0 fully saturated rings. The highest BCUT2D eigenvalue weighted by Crippen LogP contribution is 2.34. The molecule has 0 unspecified atom stereocenters. The van der Waals surface area contributed by atoms with E-state index in [9.17, 15) is 23.6 Å². The van der Waals surface area contributed by atoms with E-state index in [-0.39, 0.29) is 16.9 Å². The second kappa shape index (κ2) is 8.86. The van der Waals surface area contributed by atoms with Gasteiger partial charge in [0.2, 0.25) is 0 Å². The first kappa shape index (κ1) is 21.6. The van der Waals surface area contributed by atoms with Gasteiger partial charge in [0.05, 0.1) is 16.9 Å². The van der Waals surface area contributed by atoms with Crippen LogP contribution in [0, 0.1) is 11.3 Å². The zero-order valence-corrected chi connectivity index (χ0v) is 17.1. The van der Waals surface area contributed by atoms with Crippen LogP contribution in [-0.4, -0.2) is 39.6 Å². The number of aliphatic carboxylic acids is 1. The number of fused-ring (bicyclic) bond motifs is 2. The molecule has 0 saturated heterocycles. The minimum atomic E-state index is -2.65. The SMILES string of the molecule is N#Cc1cc2c(cc1OCC(F)F)CC(Cc1nn(CC(=O)O)c(=O)c3c1CCCC3)=N2. The van der Waals surface area contributed by atoms with Gasteiger partial charge < -0.3 is 9.84 Å². The van der Waals surface area contributed by atoms with Gasteiger partial charge in [0.15, 0.2) is 0 Å². The average Bonchev–Trinajstić information content (AvgIpc) is 3.15. The summed E-state index contributed by atoms with van der Waals surface area (Å²) in [5.74, 6) is -1.05.